The molecular formula is C14H18N2O2S2. The van der Waals surface area contributed by atoms with Crippen molar-refractivity contribution in [3.05, 3.63) is 52.4 Å². The summed E-state index contributed by atoms with van der Waals surface area (Å²) in [6, 6.07) is 9.68. The highest BCUT2D eigenvalue weighted by Gasteiger charge is 2.15. The summed E-state index contributed by atoms with van der Waals surface area (Å²) in [5.74, 6) is 0. The number of hydrogen-bond donors (Lipinski definition) is 2. The zero-order valence-corrected chi connectivity index (χ0v) is 12.9. The van der Waals surface area contributed by atoms with Gasteiger partial charge >= 0.3 is 0 Å². The smallest absolute Gasteiger partial charge is 0.250 e. The van der Waals surface area contributed by atoms with Crippen LogP contribution >= 0.6 is 11.3 Å². The SMILES string of the molecule is Cc1cccc(CCNS(=O)(=O)c2cc(CN)cs2)c1. The highest BCUT2D eigenvalue weighted by atomic mass is 32.2. The summed E-state index contributed by atoms with van der Waals surface area (Å²) in [7, 11) is -3.42. The molecule has 0 bridgehead atoms. The van der Waals surface area contributed by atoms with Crippen molar-refractivity contribution in [2.75, 3.05) is 6.54 Å². The summed E-state index contributed by atoms with van der Waals surface area (Å²) in [6.45, 7) is 2.77. The molecule has 0 unspecified atom stereocenters. The van der Waals surface area contributed by atoms with E-state index in [1.807, 2.05) is 25.1 Å². The fourth-order valence-corrected chi connectivity index (χ4v) is 4.17. The van der Waals surface area contributed by atoms with E-state index >= 15 is 0 Å². The molecule has 0 amide bonds. The minimum atomic E-state index is -3.42. The van der Waals surface area contributed by atoms with E-state index < -0.39 is 10.0 Å². The van der Waals surface area contributed by atoms with Crippen LogP contribution in [0.25, 0.3) is 0 Å². The summed E-state index contributed by atoms with van der Waals surface area (Å²) in [5.41, 5.74) is 8.63. The maximum Gasteiger partial charge on any atom is 0.250 e. The highest BCUT2D eigenvalue weighted by Crippen LogP contribution is 2.19. The molecule has 0 atom stereocenters. The number of thiophene rings is 1. The molecule has 0 saturated heterocycles. The fraction of sp³-hybridized carbons (Fsp3) is 0.286. The van der Waals surface area contributed by atoms with Crippen LogP contribution in [-0.4, -0.2) is 15.0 Å². The summed E-state index contributed by atoms with van der Waals surface area (Å²) in [6.07, 6.45) is 0.677. The monoisotopic (exact) mass is 310 g/mol. The Labute approximate surface area is 123 Å². The normalized spacial score (nSPS) is 11.7. The Morgan fingerprint density at radius 3 is 2.70 bits per heavy atom. The first-order chi connectivity index (χ1) is 9.51. The molecule has 1 heterocycles. The fourth-order valence-electron chi connectivity index (χ4n) is 1.87. The first kappa shape index (κ1) is 15.2. The summed E-state index contributed by atoms with van der Waals surface area (Å²) < 4.78 is 27.1. The number of rotatable bonds is 6. The third-order valence-electron chi connectivity index (χ3n) is 2.92. The summed E-state index contributed by atoms with van der Waals surface area (Å²) in [5, 5.41) is 1.77. The third kappa shape index (κ3) is 3.89. The molecule has 1 aromatic heterocycles. The predicted octanol–water partition coefficient (Wildman–Crippen LogP) is 2.04. The van der Waals surface area contributed by atoms with Crippen molar-refractivity contribution in [1.82, 2.24) is 4.72 Å². The van der Waals surface area contributed by atoms with Crippen LogP contribution < -0.4 is 10.5 Å². The first-order valence-corrected chi connectivity index (χ1v) is 8.70. The van der Waals surface area contributed by atoms with Gasteiger partial charge in [-0.3, -0.25) is 0 Å². The van der Waals surface area contributed by atoms with Crippen LogP contribution in [-0.2, 0) is 23.0 Å². The van der Waals surface area contributed by atoms with Gasteiger partial charge in [-0.25, -0.2) is 13.1 Å². The number of nitrogens with two attached hydrogens (primary N) is 1. The van der Waals surface area contributed by atoms with Gasteiger partial charge in [-0.05, 0) is 35.9 Å². The van der Waals surface area contributed by atoms with Crippen LogP contribution in [0.3, 0.4) is 0 Å². The van der Waals surface area contributed by atoms with Crippen LogP contribution in [0.15, 0.2) is 39.9 Å². The molecule has 4 nitrogen and oxygen atoms in total. The van der Waals surface area contributed by atoms with Crippen LogP contribution in [0.5, 0.6) is 0 Å². The van der Waals surface area contributed by atoms with E-state index in [-0.39, 0.29) is 0 Å². The van der Waals surface area contributed by atoms with Gasteiger partial charge in [0.2, 0.25) is 10.0 Å². The second-order valence-corrected chi connectivity index (χ2v) is 7.52. The van der Waals surface area contributed by atoms with Gasteiger partial charge in [-0.1, -0.05) is 29.8 Å². The van der Waals surface area contributed by atoms with Crippen LogP contribution in [0.2, 0.25) is 0 Å². The number of aryl methyl sites for hydroxylation is 1. The maximum atomic E-state index is 12.1. The molecule has 108 valence electrons. The number of benzene rings is 1. The Morgan fingerprint density at radius 2 is 2.05 bits per heavy atom. The molecule has 2 rings (SSSR count). The first-order valence-electron chi connectivity index (χ1n) is 6.34. The summed E-state index contributed by atoms with van der Waals surface area (Å²) >= 11 is 1.20. The zero-order chi connectivity index (χ0) is 14.6. The second-order valence-electron chi connectivity index (χ2n) is 4.61. The van der Waals surface area contributed by atoms with Crippen LogP contribution in [0.4, 0.5) is 0 Å². The number of hydrogen-bond acceptors (Lipinski definition) is 4. The Kier molecular flexibility index (Phi) is 4.93. The molecule has 6 heteroatoms. The summed E-state index contributed by atoms with van der Waals surface area (Å²) in [4.78, 5) is 0. The van der Waals surface area contributed by atoms with E-state index in [0.29, 0.717) is 23.7 Å². The lowest BCUT2D eigenvalue weighted by atomic mass is 10.1. The molecular weight excluding hydrogens is 292 g/mol. The third-order valence-corrected chi connectivity index (χ3v) is 5.87. The van der Waals surface area contributed by atoms with Crippen molar-refractivity contribution in [2.24, 2.45) is 5.73 Å². The molecule has 3 N–H and O–H groups in total. The van der Waals surface area contributed by atoms with Gasteiger partial charge < -0.3 is 5.73 Å². The molecule has 1 aromatic carbocycles. The maximum absolute atomic E-state index is 12.1. The Bertz CT molecular complexity index is 678. The molecule has 20 heavy (non-hydrogen) atoms. The van der Waals surface area contributed by atoms with E-state index in [2.05, 4.69) is 10.8 Å². The average molecular weight is 310 g/mol. The van der Waals surface area contributed by atoms with Gasteiger partial charge in [0, 0.05) is 13.1 Å². The largest absolute Gasteiger partial charge is 0.326 e. The van der Waals surface area contributed by atoms with Crippen LogP contribution in [0, 0.1) is 6.92 Å². The van der Waals surface area contributed by atoms with Crippen LogP contribution in [0.1, 0.15) is 16.7 Å². The Hall–Kier alpha value is -1.21. The van der Waals surface area contributed by atoms with Crippen molar-refractivity contribution < 1.29 is 8.42 Å². The molecule has 0 aliphatic carbocycles. The lowest BCUT2D eigenvalue weighted by Crippen LogP contribution is -2.25. The van der Waals surface area contributed by atoms with Gasteiger partial charge in [0.25, 0.3) is 0 Å². The molecule has 0 spiro atoms. The molecule has 0 radical (unpaired) electrons. The lowest BCUT2D eigenvalue weighted by Gasteiger charge is -2.05. The van der Waals surface area contributed by atoms with Crippen molar-refractivity contribution >= 4 is 21.4 Å². The standard InChI is InChI=1S/C14H18N2O2S2/c1-11-3-2-4-12(7-11)5-6-16-20(17,18)14-8-13(9-15)10-19-14/h2-4,7-8,10,16H,5-6,9,15H2,1H3. The minimum Gasteiger partial charge on any atom is -0.326 e. The van der Waals surface area contributed by atoms with Gasteiger partial charge in [0.15, 0.2) is 0 Å². The van der Waals surface area contributed by atoms with E-state index in [4.69, 9.17) is 5.73 Å². The van der Waals surface area contributed by atoms with Crippen molar-refractivity contribution in [2.45, 2.75) is 24.1 Å². The van der Waals surface area contributed by atoms with Gasteiger partial charge in [0.1, 0.15) is 4.21 Å². The number of sulfonamides is 1. The minimum absolute atomic E-state index is 0.321. The predicted molar refractivity (Wildman–Crippen MR) is 82.3 cm³/mol. The second kappa shape index (κ2) is 6.49. The quantitative estimate of drug-likeness (QED) is 0.857. The molecule has 0 aliphatic rings. The highest BCUT2D eigenvalue weighted by molar-refractivity contribution is 7.91. The Morgan fingerprint density at radius 1 is 1.25 bits per heavy atom. The van der Waals surface area contributed by atoms with E-state index in [0.717, 1.165) is 11.1 Å². The lowest BCUT2D eigenvalue weighted by molar-refractivity contribution is 0.583. The van der Waals surface area contributed by atoms with Gasteiger partial charge in [-0.15, -0.1) is 11.3 Å². The molecule has 2 aromatic rings. The van der Waals surface area contributed by atoms with E-state index in [1.165, 1.54) is 16.9 Å². The van der Waals surface area contributed by atoms with Gasteiger partial charge in [-0.2, -0.15) is 0 Å². The van der Waals surface area contributed by atoms with E-state index in [1.54, 1.807) is 11.4 Å². The van der Waals surface area contributed by atoms with Crippen molar-refractivity contribution in [3.8, 4) is 0 Å². The zero-order valence-electron chi connectivity index (χ0n) is 11.3. The molecule has 0 saturated carbocycles. The van der Waals surface area contributed by atoms with Crippen molar-refractivity contribution in [3.63, 3.8) is 0 Å². The molecule has 0 fully saturated rings. The van der Waals surface area contributed by atoms with E-state index in [9.17, 15) is 8.42 Å². The topological polar surface area (TPSA) is 72.2 Å². The Balaban J connectivity index is 1.96. The van der Waals surface area contributed by atoms with Gasteiger partial charge in [0.05, 0.1) is 0 Å². The van der Waals surface area contributed by atoms with Crippen molar-refractivity contribution in [1.29, 1.82) is 0 Å². The average Bonchev–Trinajstić information content (AvgIpc) is 2.88. The molecule has 0 aliphatic heterocycles. The number of nitrogens with one attached hydrogen (secondary N) is 1.